The largest absolute Gasteiger partial charge is 0.435 e. The van der Waals surface area contributed by atoms with E-state index in [1.165, 1.54) is 17.8 Å². The molecule has 0 aliphatic carbocycles. The van der Waals surface area contributed by atoms with Gasteiger partial charge in [0.25, 0.3) is 5.56 Å². The number of fused-ring (bicyclic) bond motifs is 4. The van der Waals surface area contributed by atoms with Crippen molar-refractivity contribution < 1.29 is 13.2 Å². The summed E-state index contributed by atoms with van der Waals surface area (Å²) in [5.41, 5.74) is 0.658. The molecular formula is C20H25F3N4O. The molecular weight excluding hydrogens is 369 g/mol. The van der Waals surface area contributed by atoms with Crippen molar-refractivity contribution in [3.63, 3.8) is 0 Å². The lowest BCUT2D eigenvalue weighted by Crippen LogP contribution is -2.48. The second-order valence-corrected chi connectivity index (χ2v) is 8.56. The van der Waals surface area contributed by atoms with E-state index in [9.17, 15) is 18.0 Å². The molecule has 5 nitrogen and oxygen atoms in total. The molecule has 2 aromatic heterocycles. The van der Waals surface area contributed by atoms with Crippen LogP contribution in [0.2, 0.25) is 0 Å². The predicted octanol–water partition coefficient (Wildman–Crippen LogP) is 3.34. The molecule has 0 spiro atoms. The molecule has 2 atom stereocenters. The van der Waals surface area contributed by atoms with Crippen LogP contribution in [-0.4, -0.2) is 38.9 Å². The second kappa shape index (κ2) is 6.76. The van der Waals surface area contributed by atoms with Gasteiger partial charge in [0, 0.05) is 56.5 Å². The summed E-state index contributed by atoms with van der Waals surface area (Å²) in [6, 6.07) is 4.34. The van der Waals surface area contributed by atoms with Crippen LogP contribution in [-0.2, 0) is 19.8 Å². The van der Waals surface area contributed by atoms with Crippen LogP contribution in [0, 0.1) is 11.8 Å². The fourth-order valence-corrected chi connectivity index (χ4v) is 4.75. The molecule has 0 radical (unpaired) electrons. The Morgan fingerprint density at radius 2 is 1.93 bits per heavy atom. The van der Waals surface area contributed by atoms with Crippen LogP contribution in [0.4, 0.5) is 13.2 Å². The number of aromatic nitrogens is 3. The molecule has 4 rings (SSSR count). The molecule has 152 valence electrons. The third kappa shape index (κ3) is 3.50. The van der Waals surface area contributed by atoms with Gasteiger partial charge >= 0.3 is 6.18 Å². The zero-order valence-electron chi connectivity index (χ0n) is 16.3. The average molecular weight is 394 g/mol. The van der Waals surface area contributed by atoms with Crippen molar-refractivity contribution in [1.82, 2.24) is 19.2 Å². The van der Waals surface area contributed by atoms with Gasteiger partial charge < -0.3 is 9.47 Å². The highest BCUT2D eigenvalue weighted by molar-refractivity contribution is 5.60. The van der Waals surface area contributed by atoms with Gasteiger partial charge in [-0.25, -0.2) is 0 Å². The highest BCUT2D eigenvalue weighted by Crippen LogP contribution is 2.37. The zero-order chi connectivity index (χ0) is 20.2. The molecule has 8 heteroatoms. The van der Waals surface area contributed by atoms with E-state index in [0.717, 1.165) is 37.8 Å². The van der Waals surface area contributed by atoms with Crippen LogP contribution in [0.5, 0.6) is 0 Å². The van der Waals surface area contributed by atoms with Gasteiger partial charge in [-0.1, -0.05) is 13.8 Å². The molecule has 1 fully saturated rings. The lowest BCUT2D eigenvalue weighted by atomic mass is 9.82. The summed E-state index contributed by atoms with van der Waals surface area (Å²) in [6.45, 7) is 7.98. The van der Waals surface area contributed by atoms with Gasteiger partial charge in [-0.3, -0.25) is 9.48 Å². The molecule has 0 amide bonds. The summed E-state index contributed by atoms with van der Waals surface area (Å²) >= 11 is 0. The zero-order valence-corrected chi connectivity index (χ0v) is 16.3. The maximum absolute atomic E-state index is 13.0. The number of alkyl halides is 3. The maximum atomic E-state index is 13.0. The first-order chi connectivity index (χ1) is 13.1. The molecule has 0 aromatic carbocycles. The smallest absolute Gasteiger partial charge is 0.312 e. The first-order valence-corrected chi connectivity index (χ1v) is 9.70. The van der Waals surface area contributed by atoms with Crippen LogP contribution < -0.4 is 5.56 Å². The Bertz CT molecular complexity index is 944. The molecule has 0 N–H and O–H groups in total. The van der Waals surface area contributed by atoms with E-state index < -0.39 is 11.9 Å². The highest BCUT2D eigenvalue weighted by Gasteiger charge is 2.37. The molecule has 2 aromatic rings. The molecule has 4 heterocycles. The van der Waals surface area contributed by atoms with Gasteiger partial charge in [0.2, 0.25) is 0 Å². The van der Waals surface area contributed by atoms with E-state index in [1.807, 2.05) is 10.6 Å². The minimum absolute atomic E-state index is 0.144. The van der Waals surface area contributed by atoms with Crippen molar-refractivity contribution in [3.8, 4) is 11.3 Å². The third-order valence-electron chi connectivity index (χ3n) is 5.72. The van der Waals surface area contributed by atoms with Gasteiger partial charge in [0.1, 0.15) is 0 Å². The monoisotopic (exact) mass is 394 g/mol. The number of aryl methyl sites for hydroxylation is 1. The minimum Gasteiger partial charge on any atom is -0.312 e. The van der Waals surface area contributed by atoms with Crippen LogP contribution >= 0.6 is 0 Å². The third-order valence-corrected chi connectivity index (χ3v) is 5.72. The minimum atomic E-state index is -4.51. The quantitative estimate of drug-likeness (QED) is 0.802. The number of halogens is 3. The maximum Gasteiger partial charge on any atom is 0.435 e. The van der Waals surface area contributed by atoms with Crippen molar-refractivity contribution in [2.24, 2.45) is 18.9 Å². The standard InChI is InChI=1S/C20H25F3N4O/c1-12(2)8-26-9-13-4-15(11-26)17-5-14(6-19(28)27(17)10-13)16-7-18(20(21,22)23)24-25(16)3/h5-7,12-13,15H,4,8-11H2,1-3H3/t13-,15+/m0/s1. The van der Waals surface area contributed by atoms with Crippen molar-refractivity contribution in [2.45, 2.75) is 38.9 Å². The number of hydrogen-bond donors (Lipinski definition) is 0. The summed E-state index contributed by atoms with van der Waals surface area (Å²) in [7, 11) is 1.47. The topological polar surface area (TPSA) is 43.1 Å². The normalized spacial score (nSPS) is 22.5. The predicted molar refractivity (Wildman–Crippen MR) is 100 cm³/mol. The SMILES string of the molecule is CC(C)CN1C[C@@H]2C[C@H](C1)c1cc(-c3cc(C(F)(F)F)nn3C)cc(=O)n1C2. The highest BCUT2D eigenvalue weighted by atomic mass is 19.4. The lowest BCUT2D eigenvalue weighted by molar-refractivity contribution is -0.141. The van der Waals surface area contributed by atoms with E-state index in [1.54, 1.807) is 0 Å². The van der Waals surface area contributed by atoms with Crippen LogP contribution in [0.3, 0.4) is 0 Å². The molecule has 2 bridgehead atoms. The van der Waals surface area contributed by atoms with Gasteiger partial charge in [0.15, 0.2) is 5.69 Å². The number of rotatable bonds is 3. The van der Waals surface area contributed by atoms with Crippen LogP contribution in [0.25, 0.3) is 11.3 Å². The fourth-order valence-electron chi connectivity index (χ4n) is 4.75. The second-order valence-electron chi connectivity index (χ2n) is 8.56. The van der Waals surface area contributed by atoms with Crippen molar-refractivity contribution in [2.75, 3.05) is 19.6 Å². The van der Waals surface area contributed by atoms with Gasteiger partial charge in [-0.05, 0) is 30.4 Å². The van der Waals surface area contributed by atoms with Crippen LogP contribution in [0.15, 0.2) is 23.0 Å². The molecule has 28 heavy (non-hydrogen) atoms. The summed E-state index contributed by atoms with van der Waals surface area (Å²) in [6.07, 6.45) is -3.48. The van der Waals surface area contributed by atoms with E-state index in [2.05, 4.69) is 23.8 Å². The fraction of sp³-hybridized carbons (Fsp3) is 0.600. The van der Waals surface area contributed by atoms with E-state index in [0.29, 0.717) is 29.6 Å². The first-order valence-electron chi connectivity index (χ1n) is 9.70. The van der Waals surface area contributed by atoms with Crippen LogP contribution in [0.1, 0.15) is 37.6 Å². The Labute approximate surface area is 161 Å². The Kier molecular flexibility index (Phi) is 4.64. The van der Waals surface area contributed by atoms with Crippen molar-refractivity contribution >= 4 is 0 Å². The van der Waals surface area contributed by atoms with E-state index in [4.69, 9.17) is 0 Å². The molecule has 0 saturated carbocycles. The first kappa shape index (κ1) is 19.2. The Morgan fingerprint density at radius 1 is 1.18 bits per heavy atom. The number of piperidine rings is 1. The summed E-state index contributed by atoms with van der Waals surface area (Å²) < 4.78 is 42.1. The Morgan fingerprint density at radius 3 is 2.57 bits per heavy atom. The summed E-state index contributed by atoms with van der Waals surface area (Å²) in [5.74, 6) is 1.25. The van der Waals surface area contributed by atoms with Gasteiger partial charge in [0.05, 0.1) is 5.69 Å². The molecule has 2 aliphatic heterocycles. The Balaban J connectivity index is 1.72. The average Bonchev–Trinajstić information content (AvgIpc) is 2.97. The summed E-state index contributed by atoms with van der Waals surface area (Å²) in [5, 5.41) is 3.58. The van der Waals surface area contributed by atoms with E-state index in [-0.39, 0.29) is 11.5 Å². The van der Waals surface area contributed by atoms with Gasteiger partial charge in [-0.15, -0.1) is 0 Å². The Hall–Kier alpha value is -2.09. The number of likely N-dealkylation sites (tertiary alicyclic amines) is 1. The molecule has 2 aliphatic rings. The molecule has 1 saturated heterocycles. The molecule has 0 unspecified atom stereocenters. The van der Waals surface area contributed by atoms with Gasteiger partial charge in [-0.2, -0.15) is 18.3 Å². The number of pyridine rings is 1. The van der Waals surface area contributed by atoms with Crippen molar-refractivity contribution in [3.05, 3.63) is 39.9 Å². The lowest BCUT2D eigenvalue weighted by Gasteiger charge is -2.43. The summed E-state index contributed by atoms with van der Waals surface area (Å²) in [4.78, 5) is 15.2. The van der Waals surface area contributed by atoms with Crippen molar-refractivity contribution in [1.29, 1.82) is 0 Å². The number of hydrogen-bond acceptors (Lipinski definition) is 3. The van der Waals surface area contributed by atoms with E-state index >= 15 is 0 Å². The number of nitrogens with zero attached hydrogens (tertiary/aromatic N) is 4.